The molecule has 20 heavy (non-hydrogen) atoms. The van der Waals surface area contributed by atoms with Gasteiger partial charge in [-0.05, 0) is 60.2 Å². The van der Waals surface area contributed by atoms with Crippen molar-refractivity contribution < 1.29 is 9.90 Å². The molecule has 1 aromatic carbocycles. The van der Waals surface area contributed by atoms with Crippen molar-refractivity contribution in [2.75, 3.05) is 0 Å². The van der Waals surface area contributed by atoms with Gasteiger partial charge in [0.1, 0.15) is 0 Å². The fourth-order valence-corrected chi connectivity index (χ4v) is 3.11. The number of carboxylic acids is 1. The standard InChI is InChI=1S/C14H11ClINO3/c1-7-5-12(18)17(8(2)13(7)14(19)20)11-4-3-9(16)6-10(11)15/h3-6H,1-2H3,(H,19,20). The molecule has 2 aromatic rings. The van der Waals surface area contributed by atoms with Crippen LogP contribution in [0.4, 0.5) is 0 Å². The van der Waals surface area contributed by atoms with E-state index in [4.69, 9.17) is 11.6 Å². The number of aryl methyl sites for hydroxylation is 1. The second-order valence-electron chi connectivity index (χ2n) is 4.36. The van der Waals surface area contributed by atoms with E-state index in [-0.39, 0.29) is 11.1 Å². The number of carboxylic acid groups (broad SMARTS) is 1. The number of pyridine rings is 1. The van der Waals surface area contributed by atoms with Crippen molar-refractivity contribution in [3.63, 3.8) is 0 Å². The van der Waals surface area contributed by atoms with Gasteiger partial charge in [-0.25, -0.2) is 4.79 Å². The van der Waals surface area contributed by atoms with Crippen molar-refractivity contribution in [2.24, 2.45) is 0 Å². The zero-order chi connectivity index (χ0) is 15.0. The van der Waals surface area contributed by atoms with E-state index in [0.29, 0.717) is 22.0 Å². The average Bonchev–Trinajstić information content (AvgIpc) is 2.30. The van der Waals surface area contributed by atoms with Crippen LogP contribution in [0.15, 0.2) is 29.1 Å². The Kier molecular flexibility index (Phi) is 4.19. The molecule has 0 spiro atoms. The van der Waals surface area contributed by atoms with Crippen LogP contribution in [-0.4, -0.2) is 15.6 Å². The molecular formula is C14H11ClINO3. The Morgan fingerprint density at radius 3 is 2.50 bits per heavy atom. The van der Waals surface area contributed by atoms with Crippen molar-refractivity contribution >= 4 is 40.2 Å². The van der Waals surface area contributed by atoms with Crippen LogP contribution in [0.2, 0.25) is 5.02 Å². The van der Waals surface area contributed by atoms with Crippen LogP contribution in [0.3, 0.4) is 0 Å². The van der Waals surface area contributed by atoms with E-state index in [1.807, 2.05) is 6.07 Å². The van der Waals surface area contributed by atoms with Gasteiger partial charge in [0.2, 0.25) is 0 Å². The van der Waals surface area contributed by atoms with Crippen LogP contribution in [0.1, 0.15) is 21.6 Å². The predicted molar refractivity (Wildman–Crippen MR) is 86.2 cm³/mol. The third-order valence-electron chi connectivity index (χ3n) is 3.02. The van der Waals surface area contributed by atoms with Crippen LogP contribution >= 0.6 is 34.2 Å². The number of hydrogen-bond acceptors (Lipinski definition) is 2. The van der Waals surface area contributed by atoms with Gasteiger partial charge in [-0.15, -0.1) is 0 Å². The van der Waals surface area contributed by atoms with Gasteiger partial charge in [-0.3, -0.25) is 9.36 Å². The van der Waals surface area contributed by atoms with Crippen LogP contribution in [0.25, 0.3) is 5.69 Å². The minimum Gasteiger partial charge on any atom is -0.478 e. The van der Waals surface area contributed by atoms with Gasteiger partial charge in [0.25, 0.3) is 5.56 Å². The molecule has 104 valence electrons. The first-order valence-electron chi connectivity index (χ1n) is 5.75. The summed E-state index contributed by atoms with van der Waals surface area (Å²) in [5.74, 6) is -1.06. The Morgan fingerprint density at radius 2 is 1.95 bits per heavy atom. The highest BCUT2D eigenvalue weighted by molar-refractivity contribution is 14.1. The number of aromatic carboxylic acids is 1. The first-order chi connectivity index (χ1) is 9.32. The fourth-order valence-electron chi connectivity index (χ4n) is 2.17. The number of aromatic nitrogens is 1. The van der Waals surface area contributed by atoms with Crippen LogP contribution in [0.5, 0.6) is 0 Å². The van der Waals surface area contributed by atoms with Gasteiger partial charge >= 0.3 is 5.97 Å². The molecule has 4 nitrogen and oxygen atoms in total. The van der Waals surface area contributed by atoms with E-state index >= 15 is 0 Å². The Balaban J connectivity index is 2.84. The number of rotatable bonds is 2. The van der Waals surface area contributed by atoms with Crippen LogP contribution in [-0.2, 0) is 0 Å². The highest BCUT2D eigenvalue weighted by Gasteiger charge is 2.18. The molecule has 0 fully saturated rings. The molecule has 2 rings (SSSR count). The summed E-state index contributed by atoms with van der Waals surface area (Å²) in [6.45, 7) is 3.21. The smallest absolute Gasteiger partial charge is 0.337 e. The Labute approximate surface area is 134 Å². The fraction of sp³-hybridized carbons (Fsp3) is 0.143. The quantitative estimate of drug-likeness (QED) is 0.782. The molecule has 1 N–H and O–H groups in total. The largest absolute Gasteiger partial charge is 0.478 e. The predicted octanol–water partition coefficient (Wildman–Crippen LogP) is 3.41. The maximum atomic E-state index is 12.2. The topological polar surface area (TPSA) is 59.3 Å². The molecular weight excluding hydrogens is 393 g/mol. The monoisotopic (exact) mass is 403 g/mol. The summed E-state index contributed by atoms with van der Waals surface area (Å²) in [6, 6.07) is 6.56. The third-order valence-corrected chi connectivity index (χ3v) is 3.99. The summed E-state index contributed by atoms with van der Waals surface area (Å²) in [5, 5.41) is 9.68. The molecule has 0 saturated heterocycles. The third kappa shape index (κ3) is 2.60. The summed E-state index contributed by atoms with van der Waals surface area (Å²) in [6.07, 6.45) is 0. The maximum absolute atomic E-state index is 12.2. The molecule has 0 aliphatic rings. The molecule has 0 saturated carbocycles. The summed E-state index contributed by atoms with van der Waals surface area (Å²) >= 11 is 8.28. The normalized spacial score (nSPS) is 10.6. The van der Waals surface area contributed by atoms with Crippen LogP contribution < -0.4 is 5.56 Å². The first-order valence-corrected chi connectivity index (χ1v) is 7.20. The molecule has 0 radical (unpaired) electrons. The zero-order valence-corrected chi connectivity index (χ0v) is 13.7. The van der Waals surface area contributed by atoms with Crippen molar-refractivity contribution in [2.45, 2.75) is 13.8 Å². The number of carbonyl (C=O) groups is 1. The molecule has 0 aliphatic heterocycles. The maximum Gasteiger partial charge on any atom is 0.337 e. The second-order valence-corrected chi connectivity index (χ2v) is 6.02. The lowest BCUT2D eigenvalue weighted by atomic mass is 10.1. The second kappa shape index (κ2) is 5.57. The lowest BCUT2D eigenvalue weighted by molar-refractivity contribution is 0.0694. The lowest BCUT2D eigenvalue weighted by Crippen LogP contribution is -2.24. The summed E-state index contributed by atoms with van der Waals surface area (Å²) in [5.41, 5.74) is 1.12. The SMILES string of the molecule is Cc1cc(=O)n(-c2ccc(I)cc2Cl)c(C)c1C(=O)O. The van der Waals surface area contributed by atoms with Crippen molar-refractivity contribution in [3.8, 4) is 5.69 Å². The van der Waals surface area contributed by atoms with Gasteiger partial charge in [-0.1, -0.05) is 11.6 Å². The van der Waals surface area contributed by atoms with Crippen molar-refractivity contribution in [1.82, 2.24) is 4.57 Å². The molecule has 1 aromatic heterocycles. The van der Waals surface area contributed by atoms with Crippen LogP contribution in [0, 0.1) is 17.4 Å². The molecule has 0 unspecified atom stereocenters. The van der Waals surface area contributed by atoms with Gasteiger partial charge in [0.05, 0.1) is 16.3 Å². The molecule has 0 amide bonds. The van der Waals surface area contributed by atoms with Gasteiger partial charge in [0, 0.05) is 15.3 Å². The lowest BCUT2D eigenvalue weighted by Gasteiger charge is -2.15. The summed E-state index contributed by atoms with van der Waals surface area (Å²) < 4.78 is 2.27. The Hall–Kier alpha value is -1.34. The van der Waals surface area contributed by atoms with E-state index in [9.17, 15) is 14.7 Å². The minimum absolute atomic E-state index is 0.124. The summed E-state index contributed by atoms with van der Waals surface area (Å²) in [7, 11) is 0. The molecule has 0 bridgehead atoms. The highest BCUT2D eigenvalue weighted by atomic mass is 127. The Bertz CT molecular complexity index is 768. The molecule has 6 heteroatoms. The van der Waals surface area contributed by atoms with E-state index < -0.39 is 5.97 Å². The number of nitrogens with zero attached hydrogens (tertiary/aromatic N) is 1. The average molecular weight is 404 g/mol. The molecule has 0 aliphatic carbocycles. The number of halogens is 2. The molecule has 1 heterocycles. The van der Waals surface area contributed by atoms with Crippen molar-refractivity contribution in [3.05, 3.63) is 60.0 Å². The number of hydrogen-bond donors (Lipinski definition) is 1. The number of benzene rings is 1. The van der Waals surface area contributed by atoms with E-state index in [0.717, 1.165) is 3.57 Å². The van der Waals surface area contributed by atoms with E-state index in [1.165, 1.54) is 10.6 Å². The highest BCUT2D eigenvalue weighted by Crippen LogP contribution is 2.24. The Morgan fingerprint density at radius 1 is 1.30 bits per heavy atom. The van der Waals surface area contributed by atoms with Crippen molar-refractivity contribution in [1.29, 1.82) is 0 Å². The molecule has 0 atom stereocenters. The first kappa shape index (κ1) is 15.1. The van der Waals surface area contributed by atoms with Gasteiger partial charge < -0.3 is 5.11 Å². The van der Waals surface area contributed by atoms with Gasteiger partial charge in [0.15, 0.2) is 0 Å². The van der Waals surface area contributed by atoms with E-state index in [1.54, 1.807) is 26.0 Å². The van der Waals surface area contributed by atoms with E-state index in [2.05, 4.69) is 22.6 Å². The van der Waals surface area contributed by atoms with Gasteiger partial charge in [-0.2, -0.15) is 0 Å². The minimum atomic E-state index is -1.06. The zero-order valence-electron chi connectivity index (χ0n) is 10.8. The summed E-state index contributed by atoms with van der Waals surface area (Å²) in [4.78, 5) is 23.5.